The van der Waals surface area contributed by atoms with Crippen molar-refractivity contribution in [3.8, 4) is 11.3 Å². The molecule has 0 unspecified atom stereocenters. The average Bonchev–Trinajstić information content (AvgIpc) is 3.26. The van der Waals surface area contributed by atoms with E-state index < -0.39 is 0 Å². The highest BCUT2D eigenvalue weighted by Crippen LogP contribution is 2.36. The molecule has 4 aromatic rings. The van der Waals surface area contributed by atoms with Gasteiger partial charge in [-0.15, -0.1) is 0 Å². The molecule has 2 aromatic carbocycles. The molecule has 2 aliphatic rings. The molecule has 0 radical (unpaired) electrons. The Balaban J connectivity index is 1.37. The van der Waals surface area contributed by atoms with Gasteiger partial charge in [0.25, 0.3) is 5.71 Å². The van der Waals surface area contributed by atoms with Crippen molar-refractivity contribution in [3.63, 3.8) is 0 Å². The van der Waals surface area contributed by atoms with Crippen LogP contribution in [0.3, 0.4) is 0 Å². The monoisotopic (exact) mass is 455 g/mol. The summed E-state index contributed by atoms with van der Waals surface area (Å²) in [4.78, 5) is 26.7. The molecule has 174 valence electrons. The summed E-state index contributed by atoms with van der Waals surface area (Å²) in [5.41, 5.74) is 2.29. The first-order chi connectivity index (χ1) is 16.7. The lowest BCUT2D eigenvalue weighted by Gasteiger charge is -2.38. The van der Waals surface area contributed by atoms with E-state index in [-0.39, 0.29) is 5.92 Å². The van der Waals surface area contributed by atoms with E-state index in [0.717, 1.165) is 85.5 Å². The van der Waals surface area contributed by atoms with Crippen molar-refractivity contribution in [1.29, 1.82) is 0 Å². The van der Waals surface area contributed by atoms with Crippen molar-refractivity contribution < 1.29 is 9.32 Å². The Kier molecular flexibility index (Phi) is 5.40. The molecule has 2 fully saturated rings. The van der Waals surface area contributed by atoms with Crippen LogP contribution in [0.1, 0.15) is 38.4 Å². The number of carbonyl (C=O) groups excluding carboxylic acids is 1. The van der Waals surface area contributed by atoms with E-state index in [4.69, 9.17) is 9.51 Å². The van der Waals surface area contributed by atoms with E-state index in [1.807, 2.05) is 17.0 Å². The molecule has 1 saturated carbocycles. The molecule has 7 nitrogen and oxygen atoms in total. The van der Waals surface area contributed by atoms with Crippen LogP contribution in [0.5, 0.6) is 0 Å². The number of rotatable bonds is 5. The Bertz CT molecular complexity index is 1350. The predicted molar refractivity (Wildman–Crippen MR) is 133 cm³/mol. The number of carbonyl (C=O) groups is 1. The average molecular weight is 456 g/mol. The smallest absolute Gasteiger partial charge is 0.263 e. The number of hydrogen-bond donors (Lipinski definition) is 0. The number of benzene rings is 2. The van der Waals surface area contributed by atoms with Crippen LogP contribution in [0.4, 0.5) is 5.82 Å². The quantitative estimate of drug-likeness (QED) is 0.429. The Hall–Kier alpha value is -3.48. The molecule has 3 heterocycles. The number of fused-ring (bicyclic) bond motifs is 2. The first-order valence-electron chi connectivity index (χ1n) is 12.4. The van der Waals surface area contributed by atoms with E-state index in [2.05, 4.69) is 52.3 Å². The normalized spacial score (nSPS) is 16.9. The van der Waals surface area contributed by atoms with Gasteiger partial charge in [-0.25, -0.2) is 4.98 Å². The van der Waals surface area contributed by atoms with Crippen LogP contribution in [0.2, 0.25) is 0 Å². The minimum Gasteiger partial charge on any atom is -0.352 e. The van der Waals surface area contributed by atoms with Gasteiger partial charge >= 0.3 is 0 Å². The van der Waals surface area contributed by atoms with E-state index in [9.17, 15) is 4.79 Å². The van der Waals surface area contributed by atoms with Crippen LogP contribution >= 0.6 is 0 Å². The summed E-state index contributed by atoms with van der Waals surface area (Å²) in [6.07, 6.45) is 5.01. The summed E-state index contributed by atoms with van der Waals surface area (Å²) in [6, 6.07) is 14.6. The lowest BCUT2D eigenvalue weighted by atomic mass is 9.84. The number of piperazine rings is 1. The molecule has 34 heavy (non-hydrogen) atoms. The number of nitrogens with zero attached hydrogens (tertiary/aromatic N) is 5. The summed E-state index contributed by atoms with van der Waals surface area (Å²) < 4.78 is 5.75. The van der Waals surface area contributed by atoms with Crippen molar-refractivity contribution in [3.05, 3.63) is 48.3 Å². The van der Waals surface area contributed by atoms with Gasteiger partial charge in [-0.1, -0.05) is 54.9 Å². The third-order valence-corrected chi connectivity index (χ3v) is 7.21. The van der Waals surface area contributed by atoms with Gasteiger partial charge in [0.05, 0.1) is 0 Å². The van der Waals surface area contributed by atoms with Crippen LogP contribution in [-0.2, 0) is 11.2 Å². The standard InChI is InChI=1S/C27H29N5O2/c1-2-6-22-28-25(31-13-15-32(16-14-31)27(33)19-9-5-10-19)23-24(30-34-26(23)29-22)21-12-11-18-7-3-4-8-20(18)17-21/h3-4,7-8,11-12,17,19H,2,5-6,9-10,13-16H2,1H3. The summed E-state index contributed by atoms with van der Waals surface area (Å²) in [6.45, 7) is 5.07. The zero-order valence-corrected chi connectivity index (χ0v) is 19.5. The molecular formula is C27H29N5O2. The fourth-order valence-corrected chi connectivity index (χ4v) is 5.03. The zero-order chi connectivity index (χ0) is 23.1. The second kappa shape index (κ2) is 8.70. The van der Waals surface area contributed by atoms with Gasteiger partial charge in [-0.2, -0.15) is 4.98 Å². The van der Waals surface area contributed by atoms with Crippen LogP contribution < -0.4 is 4.90 Å². The molecule has 2 aromatic heterocycles. The number of amides is 1. The van der Waals surface area contributed by atoms with Crippen LogP contribution in [0.15, 0.2) is 47.0 Å². The number of anilines is 1. The summed E-state index contributed by atoms with van der Waals surface area (Å²) in [7, 11) is 0. The fraction of sp³-hybridized carbons (Fsp3) is 0.407. The maximum absolute atomic E-state index is 12.7. The molecular weight excluding hydrogens is 426 g/mol. The van der Waals surface area contributed by atoms with Crippen molar-refractivity contribution in [2.24, 2.45) is 5.92 Å². The first kappa shape index (κ1) is 21.1. The molecule has 0 bridgehead atoms. The molecule has 0 spiro atoms. The summed E-state index contributed by atoms with van der Waals surface area (Å²) >= 11 is 0. The van der Waals surface area contributed by atoms with E-state index in [1.54, 1.807) is 0 Å². The van der Waals surface area contributed by atoms with Crippen LogP contribution in [-0.4, -0.2) is 52.1 Å². The second-order valence-electron chi connectivity index (χ2n) is 9.43. The van der Waals surface area contributed by atoms with Crippen molar-refractivity contribution in [2.45, 2.75) is 39.0 Å². The molecule has 1 amide bonds. The molecule has 6 rings (SSSR count). The van der Waals surface area contributed by atoms with Gasteiger partial charge in [0.15, 0.2) is 0 Å². The highest BCUT2D eigenvalue weighted by atomic mass is 16.5. The number of hydrogen-bond acceptors (Lipinski definition) is 6. The highest BCUT2D eigenvalue weighted by molar-refractivity contribution is 6.00. The van der Waals surface area contributed by atoms with Crippen molar-refractivity contribution in [2.75, 3.05) is 31.1 Å². The van der Waals surface area contributed by atoms with Gasteiger partial charge in [0.1, 0.15) is 22.7 Å². The Labute approximate surface area is 198 Å². The predicted octanol–water partition coefficient (Wildman–Crippen LogP) is 4.84. The SMILES string of the molecule is CCCc1nc(N2CCN(C(=O)C3CCC3)CC2)c2c(-c3ccc4ccccc4c3)noc2n1. The molecule has 1 aliphatic heterocycles. The van der Waals surface area contributed by atoms with Crippen LogP contribution in [0, 0.1) is 5.92 Å². The maximum Gasteiger partial charge on any atom is 0.263 e. The van der Waals surface area contributed by atoms with E-state index in [0.29, 0.717) is 11.6 Å². The van der Waals surface area contributed by atoms with Gasteiger partial charge < -0.3 is 14.3 Å². The van der Waals surface area contributed by atoms with Gasteiger partial charge in [-0.3, -0.25) is 4.79 Å². The van der Waals surface area contributed by atoms with Crippen molar-refractivity contribution in [1.82, 2.24) is 20.0 Å². The Morgan fingerprint density at radius 1 is 1.03 bits per heavy atom. The fourth-order valence-electron chi connectivity index (χ4n) is 5.03. The Morgan fingerprint density at radius 3 is 2.56 bits per heavy atom. The summed E-state index contributed by atoms with van der Waals surface area (Å²) in [5.74, 6) is 2.21. The Morgan fingerprint density at radius 2 is 1.82 bits per heavy atom. The van der Waals surface area contributed by atoms with Gasteiger partial charge in [0, 0.05) is 44.1 Å². The molecule has 7 heteroatoms. The molecule has 0 N–H and O–H groups in total. The number of aromatic nitrogens is 3. The number of aryl methyl sites for hydroxylation is 1. The molecule has 1 aliphatic carbocycles. The lowest BCUT2D eigenvalue weighted by Crippen LogP contribution is -2.51. The molecule has 0 atom stereocenters. The minimum absolute atomic E-state index is 0.242. The highest BCUT2D eigenvalue weighted by Gasteiger charge is 2.32. The van der Waals surface area contributed by atoms with E-state index >= 15 is 0 Å². The molecule has 1 saturated heterocycles. The van der Waals surface area contributed by atoms with Crippen LogP contribution in [0.25, 0.3) is 33.1 Å². The van der Waals surface area contributed by atoms with Gasteiger partial charge in [0.2, 0.25) is 5.91 Å². The largest absolute Gasteiger partial charge is 0.352 e. The topological polar surface area (TPSA) is 75.4 Å². The zero-order valence-electron chi connectivity index (χ0n) is 19.5. The third-order valence-electron chi connectivity index (χ3n) is 7.21. The second-order valence-corrected chi connectivity index (χ2v) is 9.43. The lowest BCUT2D eigenvalue weighted by molar-refractivity contribution is -0.138. The third kappa shape index (κ3) is 3.69. The summed E-state index contributed by atoms with van der Waals surface area (Å²) in [5, 5.41) is 7.65. The first-order valence-corrected chi connectivity index (χ1v) is 12.4. The maximum atomic E-state index is 12.7. The van der Waals surface area contributed by atoms with Crippen molar-refractivity contribution >= 4 is 33.6 Å². The van der Waals surface area contributed by atoms with E-state index in [1.165, 1.54) is 11.8 Å². The minimum atomic E-state index is 0.242. The van der Waals surface area contributed by atoms with Gasteiger partial charge in [-0.05, 0) is 36.1 Å².